The number of rotatable bonds is 2. The molecule has 0 spiro atoms. The number of aromatic nitrogens is 1. The Labute approximate surface area is 128 Å². The number of nitrogens with one attached hydrogen (secondary N) is 1. The summed E-state index contributed by atoms with van der Waals surface area (Å²) in [5.74, 6) is 6.86. The largest absolute Gasteiger partial charge is 0.319 e. The summed E-state index contributed by atoms with van der Waals surface area (Å²) in [6, 6.07) is 4.86. The Kier molecular flexibility index (Phi) is 5.08. The molecule has 110 valence electrons. The van der Waals surface area contributed by atoms with Gasteiger partial charge in [-0.15, -0.1) is 0 Å². The van der Waals surface area contributed by atoms with Gasteiger partial charge in [-0.25, -0.2) is 0 Å². The highest BCUT2D eigenvalue weighted by Crippen LogP contribution is 2.18. The molecule has 2 aliphatic rings. The Balaban J connectivity index is 1.65. The van der Waals surface area contributed by atoms with Crippen LogP contribution >= 0.6 is 0 Å². The predicted molar refractivity (Wildman–Crippen MR) is 85.9 cm³/mol. The van der Waals surface area contributed by atoms with Crippen molar-refractivity contribution < 1.29 is 4.90 Å². The number of hydrogen-bond acceptors (Lipinski definition) is 1. The highest BCUT2D eigenvalue weighted by atomic mass is 15.2. The highest BCUT2D eigenvalue weighted by Gasteiger charge is 2.26. The van der Waals surface area contributed by atoms with Crippen LogP contribution in [0.1, 0.15) is 56.6 Å². The van der Waals surface area contributed by atoms with E-state index in [4.69, 9.17) is 0 Å². The summed E-state index contributed by atoms with van der Waals surface area (Å²) < 4.78 is 0. The van der Waals surface area contributed by atoms with Crippen molar-refractivity contribution in [2.75, 3.05) is 13.1 Å². The predicted octanol–water partition coefficient (Wildman–Crippen LogP) is 2.70. The molecule has 3 rings (SSSR count). The highest BCUT2D eigenvalue weighted by molar-refractivity contribution is 5.29. The Hall–Kier alpha value is -1.59. The summed E-state index contributed by atoms with van der Waals surface area (Å²) >= 11 is 0. The van der Waals surface area contributed by atoms with Gasteiger partial charge in [0.1, 0.15) is 12.6 Å². The molecule has 21 heavy (non-hydrogen) atoms. The molecule has 2 heteroatoms. The molecule has 0 bridgehead atoms. The van der Waals surface area contributed by atoms with Crippen molar-refractivity contribution in [3.63, 3.8) is 0 Å². The number of hydrogen-bond donors (Lipinski definition) is 1. The van der Waals surface area contributed by atoms with Gasteiger partial charge >= 0.3 is 0 Å². The minimum absolute atomic E-state index is 0.585. The number of likely N-dealkylation sites (tertiary alicyclic amines) is 1. The minimum atomic E-state index is 0.585. The number of nitrogens with zero attached hydrogens (tertiary/aromatic N) is 1. The zero-order valence-corrected chi connectivity index (χ0v) is 12.8. The summed E-state index contributed by atoms with van der Waals surface area (Å²) in [5, 5.41) is 0. The van der Waals surface area contributed by atoms with Crippen LogP contribution < -0.4 is 4.90 Å². The van der Waals surface area contributed by atoms with Crippen LogP contribution in [0, 0.1) is 11.8 Å². The summed E-state index contributed by atoms with van der Waals surface area (Å²) in [6.45, 7) is 2.21. The Morgan fingerprint density at radius 2 is 2.24 bits per heavy atom. The van der Waals surface area contributed by atoms with Gasteiger partial charge in [-0.2, -0.15) is 0 Å². The molecule has 0 amide bonds. The molecular formula is C19H25N2+. The van der Waals surface area contributed by atoms with E-state index in [0.29, 0.717) is 6.04 Å². The van der Waals surface area contributed by atoms with Crippen LogP contribution in [0.4, 0.5) is 0 Å². The van der Waals surface area contributed by atoms with Crippen LogP contribution in [0.2, 0.25) is 0 Å². The van der Waals surface area contributed by atoms with Gasteiger partial charge in [-0.1, -0.05) is 18.1 Å². The Morgan fingerprint density at radius 1 is 1.24 bits per heavy atom. The van der Waals surface area contributed by atoms with Crippen molar-refractivity contribution in [3.05, 3.63) is 41.7 Å². The molecule has 2 nitrogen and oxygen atoms in total. The lowest BCUT2D eigenvalue weighted by molar-refractivity contribution is -0.930. The standard InChI is InChI=1S/C19H24N2/c1-2-8-17(9-3-1)10-7-15-21-14-5-4-12-19(21)18-11-6-13-20-16-18/h6,8,11,13,16,19H,1-5,9,12,14-15H2/p+1/t19-/m1/s1. The van der Waals surface area contributed by atoms with Gasteiger partial charge < -0.3 is 4.90 Å². The maximum Gasteiger partial charge on any atom is 0.140 e. The third-order valence-corrected chi connectivity index (χ3v) is 4.68. The normalized spacial score (nSPS) is 25.6. The molecule has 0 saturated carbocycles. The average Bonchev–Trinajstić information content (AvgIpc) is 2.57. The first-order chi connectivity index (χ1) is 10.4. The summed E-state index contributed by atoms with van der Waals surface area (Å²) in [6.07, 6.45) is 15.2. The van der Waals surface area contributed by atoms with E-state index in [0.717, 1.165) is 6.54 Å². The third-order valence-electron chi connectivity index (χ3n) is 4.68. The minimum Gasteiger partial charge on any atom is -0.319 e. The fourth-order valence-electron chi connectivity index (χ4n) is 3.50. The van der Waals surface area contributed by atoms with Crippen molar-refractivity contribution in [1.82, 2.24) is 4.98 Å². The fraction of sp³-hybridized carbons (Fsp3) is 0.526. The zero-order valence-electron chi connectivity index (χ0n) is 12.8. The van der Waals surface area contributed by atoms with Crippen LogP contribution in [0.15, 0.2) is 36.2 Å². The van der Waals surface area contributed by atoms with Gasteiger partial charge in [0.25, 0.3) is 0 Å². The molecule has 0 radical (unpaired) electrons. The first kappa shape index (κ1) is 14.4. The number of pyridine rings is 1. The summed E-state index contributed by atoms with van der Waals surface area (Å²) in [7, 11) is 0. The number of piperidine rings is 1. The lowest BCUT2D eigenvalue weighted by Crippen LogP contribution is -3.13. The molecule has 1 N–H and O–H groups in total. The Bertz CT molecular complexity index is 536. The lowest BCUT2D eigenvalue weighted by atomic mass is 9.96. The molecule has 1 saturated heterocycles. The van der Waals surface area contributed by atoms with Crippen molar-refractivity contribution in [3.8, 4) is 11.8 Å². The topological polar surface area (TPSA) is 17.3 Å². The summed E-state index contributed by atoms with van der Waals surface area (Å²) in [5.41, 5.74) is 2.75. The second-order valence-corrected chi connectivity index (χ2v) is 6.20. The van der Waals surface area contributed by atoms with Gasteiger partial charge in [-0.05, 0) is 56.1 Å². The van der Waals surface area contributed by atoms with E-state index in [9.17, 15) is 0 Å². The molecule has 1 aromatic rings. The molecule has 1 fully saturated rings. The first-order valence-corrected chi connectivity index (χ1v) is 8.36. The van der Waals surface area contributed by atoms with Crippen LogP contribution in [0.5, 0.6) is 0 Å². The monoisotopic (exact) mass is 281 g/mol. The molecule has 0 aromatic carbocycles. The zero-order chi connectivity index (χ0) is 14.3. The van der Waals surface area contributed by atoms with Crippen LogP contribution in [0.3, 0.4) is 0 Å². The smallest absolute Gasteiger partial charge is 0.140 e. The van der Waals surface area contributed by atoms with Gasteiger partial charge in [0, 0.05) is 24.4 Å². The van der Waals surface area contributed by atoms with E-state index in [1.807, 2.05) is 12.4 Å². The lowest BCUT2D eigenvalue weighted by Gasteiger charge is -2.31. The second-order valence-electron chi connectivity index (χ2n) is 6.20. The quantitative estimate of drug-likeness (QED) is 0.825. The van der Waals surface area contributed by atoms with Crippen LogP contribution in [-0.2, 0) is 0 Å². The Morgan fingerprint density at radius 3 is 3.05 bits per heavy atom. The maximum atomic E-state index is 4.29. The van der Waals surface area contributed by atoms with Crippen molar-refractivity contribution >= 4 is 0 Å². The van der Waals surface area contributed by atoms with Gasteiger partial charge in [-0.3, -0.25) is 4.98 Å². The molecular weight excluding hydrogens is 256 g/mol. The fourth-order valence-corrected chi connectivity index (χ4v) is 3.50. The van der Waals surface area contributed by atoms with Crippen LogP contribution in [0.25, 0.3) is 0 Å². The van der Waals surface area contributed by atoms with Crippen molar-refractivity contribution in [1.29, 1.82) is 0 Å². The molecule has 1 unspecified atom stereocenters. The number of quaternary nitrogens is 1. The van der Waals surface area contributed by atoms with Gasteiger partial charge in [0.05, 0.1) is 6.54 Å². The van der Waals surface area contributed by atoms with E-state index in [-0.39, 0.29) is 0 Å². The van der Waals surface area contributed by atoms with Crippen LogP contribution in [-0.4, -0.2) is 18.1 Å². The van der Waals surface area contributed by atoms with Crippen molar-refractivity contribution in [2.24, 2.45) is 0 Å². The molecule has 2 heterocycles. The molecule has 1 aliphatic carbocycles. The maximum absolute atomic E-state index is 4.29. The molecule has 2 atom stereocenters. The van der Waals surface area contributed by atoms with Gasteiger partial charge in [0.15, 0.2) is 0 Å². The molecule has 1 aromatic heterocycles. The van der Waals surface area contributed by atoms with Gasteiger partial charge in [0.2, 0.25) is 0 Å². The van der Waals surface area contributed by atoms with E-state index < -0.39 is 0 Å². The van der Waals surface area contributed by atoms with E-state index in [1.165, 1.54) is 62.6 Å². The van der Waals surface area contributed by atoms with E-state index >= 15 is 0 Å². The van der Waals surface area contributed by atoms with E-state index in [2.05, 4.69) is 35.0 Å². The SMILES string of the molecule is C(#CC1=CCCCC1)C[NH+]1CCCC[C@@H]1c1cccnc1. The summed E-state index contributed by atoms with van der Waals surface area (Å²) in [4.78, 5) is 5.91. The van der Waals surface area contributed by atoms with Crippen molar-refractivity contribution in [2.45, 2.75) is 51.0 Å². The average molecular weight is 281 g/mol. The number of allylic oxidation sites excluding steroid dienone is 2. The molecule has 1 aliphatic heterocycles. The second kappa shape index (κ2) is 7.43. The first-order valence-electron chi connectivity index (χ1n) is 8.36. The third kappa shape index (κ3) is 3.95. The van der Waals surface area contributed by atoms with E-state index in [1.54, 1.807) is 4.90 Å².